The van der Waals surface area contributed by atoms with Crippen molar-refractivity contribution >= 4 is 103 Å². The highest BCUT2D eigenvalue weighted by Crippen LogP contribution is 2.61. The van der Waals surface area contributed by atoms with Gasteiger partial charge in [0, 0.05) is 55.7 Å². The van der Waals surface area contributed by atoms with Gasteiger partial charge >= 0.3 is 0 Å². The third-order valence-electron chi connectivity index (χ3n) is 22.4. The first-order chi connectivity index (χ1) is 39.1. The van der Waals surface area contributed by atoms with Crippen LogP contribution >= 0.6 is 11.8 Å². The van der Waals surface area contributed by atoms with E-state index in [1.165, 1.54) is 129 Å². The molecule has 16 rings (SSSR count). The van der Waals surface area contributed by atoms with E-state index in [2.05, 4.69) is 237 Å². The van der Waals surface area contributed by atoms with Gasteiger partial charge in [0.2, 0.25) is 0 Å². The number of thioether (sulfide) groups is 1. The number of fused-ring (bicyclic) bond motifs is 10. The van der Waals surface area contributed by atoms with Crippen molar-refractivity contribution in [1.29, 1.82) is 0 Å². The van der Waals surface area contributed by atoms with Gasteiger partial charge in [0.25, 0.3) is 6.71 Å². The highest BCUT2D eigenvalue weighted by molar-refractivity contribution is 7.99. The van der Waals surface area contributed by atoms with Crippen LogP contribution in [0.2, 0.25) is 0 Å². The molecule has 7 aromatic carbocycles. The van der Waals surface area contributed by atoms with Gasteiger partial charge in [0.15, 0.2) is 0 Å². The quantitative estimate of drug-likeness (QED) is 0.163. The number of allylic oxidation sites excluding steroid dienone is 4. The predicted octanol–water partition coefficient (Wildman–Crippen LogP) is 19.1. The Hall–Kier alpha value is -6.63. The van der Waals surface area contributed by atoms with Gasteiger partial charge in [-0.05, 0) is 231 Å². The number of aryl methyl sites for hydroxylation is 2. The standard InChI is InChI=1S/C76H78BN3OS/c1-45-20-13-17-24-59(45)78(60-25-18-14-21-46(60)2)49-37-63-68-64(38-49)80(61-26-19-27-66-67(61)50-23-16-15-22-47(50)43-82-66)62-41-54-53(72(5,6)30-31-73(54,7)8)40-58(62)77(68)70-69-51-39-57-55(42-65(51)81-70)74(9,10)33-35-76(57,12)44-75(11)34-32-71(3,4)52-29-28-48(79(63)69)36-56(52)75/h13-21,23-29,36-42,47H,22,30-35,43-44H2,1-12H3/t47?,75?,76-/m1/s1. The zero-order chi connectivity index (χ0) is 56.4. The van der Waals surface area contributed by atoms with Crippen molar-refractivity contribution < 1.29 is 4.42 Å². The molecule has 3 atom stereocenters. The molecule has 412 valence electrons. The monoisotopic (exact) mass is 1090 g/mol. The fraction of sp³-hybridized carbons (Fsp3) is 0.368. The summed E-state index contributed by atoms with van der Waals surface area (Å²) in [5.74, 6) is 1.55. The second-order valence-corrected chi connectivity index (χ2v) is 30.6. The van der Waals surface area contributed by atoms with Crippen LogP contribution in [0.15, 0.2) is 149 Å². The molecule has 0 spiro atoms. The minimum absolute atomic E-state index is 0.000883. The number of furan rings is 1. The molecular formula is C76H78BN3OS. The largest absolute Gasteiger partial charge is 0.468 e. The Morgan fingerprint density at radius 2 is 1.17 bits per heavy atom. The van der Waals surface area contributed by atoms with E-state index in [1.54, 1.807) is 0 Å². The Balaban J connectivity index is 1.10. The molecule has 82 heavy (non-hydrogen) atoms. The van der Waals surface area contributed by atoms with E-state index in [9.17, 15) is 0 Å². The fourth-order valence-electron chi connectivity index (χ4n) is 17.5. The summed E-state index contributed by atoms with van der Waals surface area (Å²) in [6, 6.07) is 48.7. The third-order valence-corrected chi connectivity index (χ3v) is 23.6. The molecule has 8 aliphatic rings. The number of hydrogen-bond acceptors (Lipinski definition) is 5. The van der Waals surface area contributed by atoms with Crippen LogP contribution in [0.3, 0.4) is 0 Å². The summed E-state index contributed by atoms with van der Waals surface area (Å²) in [5.41, 5.74) is 29.9. The van der Waals surface area contributed by atoms with E-state index in [-0.39, 0.29) is 39.2 Å². The van der Waals surface area contributed by atoms with E-state index < -0.39 is 0 Å². The maximum Gasteiger partial charge on any atom is 0.297 e. The molecule has 2 unspecified atom stereocenters. The van der Waals surface area contributed by atoms with Gasteiger partial charge in [0.05, 0.1) is 22.7 Å². The molecule has 0 saturated heterocycles. The Labute approximate surface area is 492 Å². The summed E-state index contributed by atoms with van der Waals surface area (Å²) in [6.45, 7) is 29.6. The second-order valence-electron chi connectivity index (χ2n) is 29.6. The van der Waals surface area contributed by atoms with Gasteiger partial charge in [0.1, 0.15) is 5.58 Å². The van der Waals surface area contributed by atoms with Crippen molar-refractivity contribution in [2.45, 2.75) is 172 Å². The molecular weight excluding hydrogens is 1010 g/mol. The summed E-state index contributed by atoms with van der Waals surface area (Å²) >= 11 is 2.04. The van der Waals surface area contributed by atoms with Crippen molar-refractivity contribution in [3.05, 3.63) is 190 Å². The minimum Gasteiger partial charge on any atom is -0.468 e. The Bertz CT molecular complexity index is 4140. The van der Waals surface area contributed by atoms with Crippen LogP contribution in [0, 0.1) is 19.8 Å². The van der Waals surface area contributed by atoms with Crippen LogP contribution in [-0.4, -0.2) is 12.5 Å². The van der Waals surface area contributed by atoms with Gasteiger partial charge in [-0.2, -0.15) is 0 Å². The summed E-state index contributed by atoms with van der Waals surface area (Å²) in [5, 5.41) is 1.23. The Morgan fingerprint density at radius 1 is 0.561 bits per heavy atom. The first-order valence-corrected chi connectivity index (χ1v) is 31.9. The van der Waals surface area contributed by atoms with E-state index >= 15 is 0 Å². The number of hydrogen-bond donors (Lipinski definition) is 0. The molecule has 0 N–H and O–H groups in total. The molecule has 4 aliphatic heterocycles. The molecule has 0 radical (unpaired) electrons. The smallest absolute Gasteiger partial charge is 0.297 e. The molecule has 0 amide bonds. The highest BCUT2D eigenvalue weighted by Gasteiger charge is 2.53. The van der Waals surface area contributed by atoms with Crippen LogP contribution in [0.1, 0.15) is 171 Å². The van der Waals surface area contributed by atoms with Gasteiger partial charge in [-0.3, -0.25) is 0 Å². The lowest BCUT2D eigenvalue weighted by molar-refractivity contribution is 0.208. The first kappa shape index (κ1) is 51.0. The normalized spacial score (nSPS) is 23.9. The van der Waals surface area contributed by atoms with Gasteiger partial charge in [-0.1, -0.05) is 142 Å². The molecule has 4 aliphatic carbocycles. The average Bonchev–Trinajstić information content (AvgIpc) is 1.33. The number of rotatable bonds is 4. The van der Waals surface area contributed by atoms with Crippen molar-refractivity contribution in [1.82, 2.24) is 0 Å². The predicted molar refractivity (Wildman–Crippen MR) is 349 cm³/mol. The topological polar surface area (TPSA) is 22.9 Å². The van der Waals surface area contributed by atoms with E-state index in [0.29, 0.717) is 5.92 Å². The lowest BCUT2D eigenvalue weighted by Crippen LogP contribution is -2.61. The van der Waals surface area contributed by atoms with Gasteiger partial charge in [-0.25, -0.2) is 0 Å². The first-order valence-electron chi connectivity index (χ1n) is 30.9. The highest BCUT2D eigenvalue weighted by atomic mass is 32.2. The van der Waals surface area contributed by atoms with Crippen LogP contribution < -0.4 is 31.3 Å². The summed E-state index contributed by atoms with van der Waals surface area (Å²) in [4.78, 5) is 9.43. The lowest BCUT2D eigenvalue weighted by atomic mass is 9.35. The van der Waals surface area contributed by atoms with Crippen molar-refractivity contribution in [2.75, 3.05) is 20.5 Å². The van der Waals surface area contributed by atoms with Gasteiger partial charge in [-0.15, -0.1) is 11.8 Å². The molecule has 4 nitrogen and oxygen atoms in total. The number of benzene rings is 7. The molecule has 0 fully saturated rings. The third kappa shape index (κ3) is 7.06. The Kier molecular flexibility index (Phi) is 10.6. The molecule has 0 saturated carbocycles. The fourth-order valence-corrected chi connectivity index (χ4v) is 18.7. The SMILES string of the molecule is Cc1ccccc1N(c1cc2c3c(c1)N1c4ccc5c(c4)C(C)(CCC5(C)C)C[C@@]4(C)CCC(C)(C)c5cc6oc(c1c6cc54)B3c1cc3c(cc1N2c1cccc2c1C1=CC=CCC1CS2)C(C)(C)CCC3(C)C)c1ccccc1C. The van der Waals surface area contributed by atoms with E-state index in [0.717, 1.165) is 67.6 Å². The number of anilines is 9. The average molecular weight is 1090 g/mol. The summed E-state index contributed by atoms with van der Waals surface area (Å²) in [6.07, 6.45) is 16.3. The van der Waals surface area contributed by atoms with Crippen LogP contribution in [-0.2, 0) is 32.5 Å². The number of nitrogens with zero attached hydrogens (tertiary/aromatic N) is 3. The van der Waals surface area contributed by atoms with Crippen molar-refractivity contribution in [2.24, 2.45) is 5.92 Å². The zero-order valence-electron chi connectivity index (χ0n) is 50.5. The van der Waals surface area contributed by atoms with Crippen molar-refractivity contribution in [3.63, 3.8) is 0 Å². The van der Waals surface area contributed by atoms with E-state index in [4.69, 9.17) is 4.42 Å². The summed E-state index contributed by atoms with van der Waals surface area (Å²) < 4.78 is 7.95. The molecule has 1 aromatic heterocycles. The van der Waals surface area contributed by atoms with Crippen LogP contribution in [0.4, 0.5) is 51.2 Å². The molecule has 4 bridgehead atoms. The minimum atomic E-state index is -0.192. The van der Waals surface area contributed by atoms with Crippen LogP contribution in [0.5, 0.6) is 0 Å². The van der Waals surface area contributed by atoms with Crippen molar-refractivity contribution in [3.8, 4) is 0 Å². The maximum absolute atomic E-state index is 7.95. The lowest BCUT2D eigenvalue weighted by Gasteiger charge is -2.51. The Morgan fingerprint density at radius 3 is 1.85 bits per heavy atom. The second kappa shape index (κ2) is 17.0. The zero-order valence-corrected chi connectivity index (χ0v) is 51.3. The van der Waals surface area contributed by atoms with E-state index in [1.807, 2.05) is 11.8 Å². The summed E-state index contributed by atoms with van der Waals surface area (Å²) in [7, 11) is 0. The number of para-hydroxylation sites is 2. The molecule has 8 aromatic rings. The molecule has 6 heteroatoms. The maximum atomic E-state index is 7.95. The van der Waals surface area contributed by atoms with Crippen LogP contribution in [0.25, 0.3) is 16.5 Å². The van der Waals surface area contributed by atoms with Gasteiger partial charge < -0.3 is 19.1 Å². The molecule has 5 heterocycles.